The summed E-state index contributed by atoms with van der Waals surface area (Å²) >= 11 is 0. The molecule has 0 saturated carbocycles. The zero-order valence-corrected chi connectivity index (χ0v) is 21.1. The maximum Gasteiger partial charge on any atom is 0.221 e. The molecule has 1 atom stereocenters. The van der Waals surface area contributed by atoms with Crippen molar-refractivity contribution in [3.05, 3.63) is 84.1 Å². The lowest BCUT2D eigenvalue weighted by Gasteiger charge is -2.16. The molecular weight excluding hydrogens is 490 g/mol. The van der Waals surface area contributed by atoms with E-state index in [1.807, 2.05) is 36.4 Å². The minimum Gasteiger partial charge on any atom is -0.497 e. The van der Waals surface area contributed by atoms with Gasteiger partial charge in [0, 0.05) is 19.2 Å². The maximum atomic E-state index is 13.5. The van der Waals surface area contributed by atoms with Crippen molar-refractivity contribution < 1.29 is 17.9 Å². The number of amides is 1. The molecule has 0 aliphatic rings. The third-order valence-electron chi connectivity index (χ3n) is 5.64. The van der Waals surface area contributed by atoms with Gasteiger partial charge in [0.1, 0.15) is 11.4 Å². The van der Waals surface area contributed by atoms with Crippen LogP contribution in [0.25, 0.3) is 11.0 Å². The van der Waals surface area contributed by atoms with Gasteiger partial charge < -0.3 is 15.4 Å². The first-order chi connectivity index (χ1) is 17.8. The first-order valence-corrected chi connectivity index (χ1v) is 13.0. The van der Waals surface area contributed by atoms with Gasteiger partial charge in [-0.2, -0.15) is 5.26 Å². The van der Waals surface area contributed by atoms with Crippen molar-refractivity contribution in [2.75, 3.05) is 24.3 Å². The second kappa shape index (κ2) is 11.1. The van der Waals surface area contributed by atoms with Crippen molar-refractivity contribution in [3.63, 3.8) is 0 Å². The summed E-state index contributed by atoms with van der Waals surface area (Å²) in [4.78, 5) is 20.4. The Balaban J connectivity index is 1.66. The Morgan fingerprint density at radius 3 is 2.24 bits per heavy atom. The van der Waals surface area contributed by atoms with Gasteiger partial charge in [-0.1, -0.05) is 24.3 Å². The standard InChI is InChI=1S/C27H25N5O4S/c1-18(33)30-20-9-13-22(14-10-20)37(34,35)25(17-28)26-27(32-24-6-4-3-5-23(24)31-26)29-16-15-19-7-11-21(36-2)12-8-19/h3-14,25H,15-16H2,1-2H3,(H,29,32)(H,30,33). The number of anilines is 2. The number of rotatable bonds is 9. The number of nitrogens with one attached hydrogen (secondary N) is 2. The van der Waals surface area contributed by atoms with Crippen LogP contribution in [0.5, 0.6) is 5.75 Å². The Hall–Kier alpha value is -4.49. The normalized spacial score (nSPS) is 11.9. The molecule has 3 aromatic carbocycles. The van der Waals surface area contributed by atoms with Crippen LogP contribution < -0.4 is 15.4 Å². The second-order valence-corrected chi connectivity index (χ2v) is 10.3. The van der Waals surface area contributed by atoms with Gasteiger partial charge in [-0.25, -0.2) is 18.4 Å². The number of carbonyl (C=O) groups excluding carboxylic acids is 1. The molecule has 0 spiro atoms. The summed E-state index contributed by atoms with van der Waals surface area (Å²) in [5, 5.41) is 14.2. The number of ether oxygens (including phenoxy) is 1. The van der Waals surface area contributed by atoms with E-state index in [2.05, 4.69) is 20.6 Å². The summed E-state index contributed by atoms with van der Waals surface area (Å²) in [6.07, 6.45) is 0.631. The van der Waals surface area contributed by atoms with Crippen LogP contribution in [0.3, 0.4) is 0 Å². The van der Waals surface area contributed by atoms with Crippen LogP contribution in [0, 0.1) is 11.3 Å². The number of hydrogen-bond acceptors (Lipinski definition) is 8. The van der Waals surface area contributed by atoms with Gasteiger partial charge >= 0.3 is 0 Å². The molecule has 37 heavy (non-hydrogen) atoms. The van der Waals surface area contributed by atoms with Gasteiger partial charge in [-0.3, -0.25) is 4.79 Å². The summed E-state index contributed by atoms with van der Waals surface area (Å²) in [6, 6.07) is 22.3. The fourth-order valence-corrected chi connectivity index (χ4v) is 5.17. The third kappa shape index (κ3) is 5.85. The molecular formula is C27H25N5O4S. The quantitative estimate of drug-likeness (QED) is 0.337. The van der Waals surface area contributed by atoms with Gasteiger partial charge in [0.2, 0.25) is 15.7 Å². The van der Waals surface area contributed by atoms with Crippen LogP contribution in [0.2, 0.25) is 0 Å². The molecule has 1 amide bonds. The van der Waals surface area contributed by atoms with Crippen LogP contribution in [-0.2, 0) is 21.1 Å². The first-order valence-electron chi connectivity index (χ1n) is 11.5. The average Bonchev–Trinajstić information content (AvgIpc) is 2.89. The van der Waals surface area contributed by atoms with E-state index >= 15 is 0 Å². The minimum absolute atomic E-state index is 0.0295. The highest BCUT2D eigenvalue weighted by atomic mass is 32.2. The van der Waals surface area contributed by atoms with Gasteiger partial charge in [0.15, 0.2) is 11.1 Å². The number of para-hydroxylation sites is 2. The van der Waals surface area contributed by atoms with Crippen LogP contribution in [0.15, 0.2) is 77.7 Å². The zero-order valence-electron chi connectivity index (χ0n) is 20.3. The predicted octanol–water partition coefficient (Wildman–Crippen LogP) is 4.29. The first kappa shape index (κ1) is 25.6. The van der Waals surface area contributed by atoms with Crippen molar-refractivity contribution in [1.82, 2.24) is 9.97 Å². The van der Waals surface area contributed by atoms with Crippen LogP contribution in [-0.4, -0.2) is 37.9 Å². The van der Waals surface area contributed by atoms with Crippen molar-refractivity contribution >= 4 is 38.3 Å². The van der Waals surface area contributed by atoms with Crippen LogP contribution >= 0.6 is 0 Å². The molecule has 188 valence electrons. The fraction of sp³-hybridized carbons (Fsp3) is 0.185. The minimum atomic E-state index is -4.16. The van der Waals surface area contributed by atoms with E-state index < -0.39 is 15.1 Å². The highest BCUT2D eigenvalue weighted by molar-refractivity contribution is 7.92. The fourth-order valence-electron chi connectivity index (χ4n) is 3.79. The van der Waals surface area contributed by atoms with Crippen molar-refractivity contribution in [2.24, 2.45) is 0 Å². The third-order valence-corrected chi connectivity index (χ3v) is 7.52. The molecule has 2 N–H and O–H groups in total. The molecule has 4 aromatic rings. The molecule has 1 aromatic heterocycles. The number of nitrogens with zero attached hydrogens (tertiary/aromatic N) is 3. The molecule has 0 aliphatic heterocycles. The summed E-state index contributed by atoms with van der Waals surface area (Å²) in [5.74, 6) is 0.714. The smallest absolute Gasteiger partial charge is 0.221 e. The average molecular weight is 516 g/mol. The molecule has 0 bridgehead atoms. The van der Waals surface area contributed by atoms with E-state index in [0.717, 1.165) is 11.3 Å². The number of benzene rings is 3. The van der Waals surface area contributed by atoms with Gasteiger partial charge in [0.05, 0.1) is 29.1 Å². The highest BCUT2D eigenvalue weighted by Crippen LogP contribution is 2.32. The summed E-state index contributed by atoms with van der Waals surface area (Å²) < 4.78 is 32.2. The Morgan fingerprint density at radius 1 is 1.00 bits per heavy atom. The monoisotopic (exact) mass is 515 g/mol. The lowest BCUT2D eigenvalue weighted by atomic mass is 10.1. The van der Waals surface area contributed by atoms with Crippen molar-refractivity contribution in [2.45, 2.75) is 23.5 Å². The number of nitriles is 1. The number of aromatic nitrogens is 2. The summed E-state index contributed by atoms with van der Waals surface area (Å²) in [5.41, 5.74) is 2.59. The highest BCUT2D eigenvalue weighted by Gasteiger charge is 2.33. The number of sulfone groups is 1. The molecule has 9 nitrogen and oxygen atoms in total. The van der Waals surface area contributed by atoms with E-state index in [0.29, 0.717) is 29.7 Å². The molecule has 1 heterocycles. The maximum absolute atomic E-state index is 13.5. The van der Waals surface area contributed by atoms with Gasteiger partial charge in [-0.05, 0) is 60.5 Å². The van der Waals surface area contributed by atoms with E-state index in [1.165, 1.54) is 31.2 Å². The number of fused-ring (bicyclic) bond motifs is 1. The van der Waals surface area contributed by atoms with Crippen molar-refractivity contribution in [3.8, 4) is 11.8 Å². The van der Waals surface area contributed by atoms with E-state index in [-0.39, 0.29) is 22.3 Å². The van der Waals surface area contributed by atoms with Crippen LogP contribution in [0.1, 0.15) is 23.4 Å². The number of methoxy groups -OCH3 is 1. The van der Waals surface area contributed by atoms with E-state index in [1.54, 1.807) is 25.3 Å². The predicted molar refractivity (Wildman–Crippen MR) is 141 cm³/mol. The Kier molecular flexibility index (Phi) is 7.65. The summed E-state index contributed by atoms with van der Waals surface area (Å²) in [6.45, 7) is 1.80. The largest absolute Gasteiger partial charge is 0.497 e. The lowest BCUT2D eigenvalue weighted by Crippen LogP contribution is -2.18. The summed E-state index contributed by atoms with van der Waals surface area (Å²) in [7, 11) is -2.55. The lowest BCUT2D eigenvalue weighted by molar-refractivity contribution is -0.114. The van der Waals surface area contributed by atoms with E-state index in [9.17, 15) is 18.5 Å². The second-order valence-electron chi connectivity index (χ2n) is 8.23. The molecule has 0 saturated heterocycles. The molecule has 0 fully saturated rings. The zero-order chi connectivity index (χ0) is 26.4. The van der Waals surface area contributed by atoms with Gasteiger partial charge in [0.25, 0.3) is 0 Å². The Labute approximate surface area is 215 Å². The molecule has 10 heteroatoms. The topological polar surface area (TPSA) is 134 Å². The van der Waals surface area contributed by atoms with Gasteiger partial charge in [-0.15, -0.1) is 0 Å². The molecule has 0 radical (unpaired) electrons. The Bertz CT molecular complexity index is 1560. The van der Waals surface area contributed by atoms with Crippen molar-refractivity contribution in [1.29, 1.82) is 5.26 Å². The number of hydrogen-bond donors (Lipinski definition) is 2. The van der Waals surface area contributed by atoms with E-state index in [4.69, 9.17) is 4.74 Å². The molecule has 1 unspecified atom stereocenters. The molecule has 0 aliphatic carbocycles. The van der Waals surface area contributed by atoms with Crippen LogP contribution in [0.4, 0.5) is 11.5 Å². The Morgan fingerprint density at radius 2 is 1.65 bits per heavy atom. The SMILES string of the molecule is COc1ccc(CCNc2nc3ccccc3nc2C(C#N)S(=O)(=O)c2ccc(NC(C)=O)cc2)cc1. The molecule has 4 rings (SSSR count). The number of carbonyl (C=O) groups is 1.